The Hall–Kier alpha value is -3.84. The standard InChI is InChI=1S/C25H24ClF2N5O5/c1-5-7-29-20(32-9-8-30-22(23(32)34)25(3,4)36)6-10-33(37)15(2)11-19(21(26)24(33)35)38-14-18-17(28)12-16(27)13-31-18/h5-13,36H,14H2,1-4H3/b7-5+,10-6?,29-20?. The minimum absolute atomic E-state index is 0.0463. The number of halogens is 3. The molecule has 0 aromatic carbocycles. The topological polar surface area (TPSA) is 130 Å². The van der Waals surface area contributed by atoms with Crippen LogP contribution in [-0.4, -0.2) is 36.0 Å². The minimum Gasteiger partial charge on any atom is -0.615 e. The Bertz CT molecular complexity index is 1470. The molecule has 0 spiro atoms. The fourth-order valence-electron chi connectivity index (χ4n) is 3.27. The Balaban J connectivity index is 1.94. The van der Waals surface area contributed by atoms with E-state index in [-0.39, 0.29) is 28.7 Å². The summed E-state index contributed by atoms with van der Waals surface area (Å²) in [5, 5.41) is 23.3. The van der Waals surface area contributed by atoms with E-state index in [1.54, 1.807) is 13.0 Å². The number of nitrogens with zero attached hydrogens (tertiary/aromatic N) is 5. The van der Waals surface area contributed by atoms with Gasteiger partial charge in [0.1, 0.15) is 47.1 Å². The number of pyridine rings is 1. The van der Waals surface area contributed by atoms with Gasteiger partial charge < -0.3 is 15.1 Å². The first-order chi connectivity index (χ1) is 17.8. The molecule has 38 heavy (non-hydrogen) atoms. The highest BCUT2D eigenvalue weighted by Gasteiger charge is 2.37. The van der Waals surface area contributed by atoms with Crippen molar-refractivity contribution in [2.24, 2.45) is 4.99 Å². The van der Waals surface area contributed by atoms with E-state index in [9.17, 15) is 28.7 Å². The molecule has 13 heteroatoms. The quantitative estimate of drug-likeness (QED) is 0.241. The van der Waals surface area contributed by atoms with Crippen LogP contribution in [0.2, 0.25) is 0 Å². The molecule has 200 valence electrons. The Morgan fingerprint density at radius 3 is 2.68 bits per heavy atom. The maximum absolute atomic E-state index is 13.9. The van der Waals surface area contributed by atoms with Crippen LogP contribution < -0.4 is 5.56 Å². The molecule has 3 rings (SSSR count). The molecule has 1 atom stereocenters. The molecule has 1 aliphatic rings. The zero-order valence-electron chi connectivity index (χ0n) is 20.9. The van der Waals surface area contributed by atoms with Crippen molar-refractivity contribution in [3.63, 3.8) is 0 Å². The van der Waals surface area contributed by atoms with Gasteiger partial charge in [-0.25, -0.2) is 23.2 Å². The van der Waals surface area contributed by atoms with Crippen LogP contribution in [0.1, 0.15) is 39.1 Å². The van der Waals surface area contributed by atoms with Crippen LogP contribution in [0, 0.1) is 16.8 Å². The Morgan fingerprint density at radius 1 is 1.34 bits per heavy atom. The van der Waals surface area contributed by atoms with Gasteiger partial charge in [-0.2, -0.15) is 0 Å². The van der Waals surface area contributed by atoms with E-state index in [1.807, 2.05) is 0 Å². The van der Waals surface area contributed by atoms with Gasteiger partial charge in [-0.3, -0.25) is 19.3 Å². The van der Waals surface area contributed by atoms with Crippen LogP contribution in [0.15, 0.2) is 81.6 Å². The van der Waals surface area contributed by atoms with E-state index in [0.717, 1.165) is 23.0 Å². The first kappa shape index (κ1) is 28.7. The summed E-state index contributed by atoms with van der Waals surface area (Å²) in [4.78, 5) is 37.6. The highest BCUT2D eigenvalue weighted by molar-refractivity contribution is 6.41. The number of ether oxygens (including phenoxy) is 1. The number of amides is 1. The van der Waals surface area contributed by atoms with Gasteiger partial charge in [0.25, 0.3) is 5.56 Å². The van der Waals surface area contributed by atoms with Crippen molar-refractivity contribution < 1.29 is 28.1 Å². The summed E-state index contributed by atoms with van der Waals surface area (Å²) in [6.07, 6.45) is 9.64. The molecular formula is C25H24ClF2N5O5. The largest absolute Gasteiger partial charge is 0.615 e. The van der Waals surface area contributed by atoms with Crippen LogP contribution in [0.5, 0.6) is 0 Å². The lowest BCUT2D eigenvalue weighted by atomic mass is 10.1. The molecule has 0 saturated carbocycles. The Morgan fingerprint density at radius 2 is 2.05 bits per heavy atom. The lowest BCUT2D eigenvalue weighted by Gasteiger charge is -2.38. The summed E-state index contributed by atoms with van der Waals surface area (Å²) in [7, 11) is 0. The molecule has 0 bridgehead atoms. The second-order valence-corrected chi connectivity index (χ2v) is 8.97. The van der Waals surface area contributed by atoms with Crippen LogP contribution in [0.3, 0.4) is 0 Å². The third-order valence-corrected chi connectivity index (χ3v) is 5.62. The number of hydrogen-bond acceptors (Lipinski definition) is 8. The number of hydroxylamine groups is 3. The molecule has 1 aliphatic heterocycles. The maximum atomic E-state index is 13.9. The number of aliphatic hydroxyl groups is 1. The molecule has 0 radical (unpaired) electrons. The number of rotatable bonds is 7. The summed E-state index contributed by atoms with van der Waals surface area (Å²) in [5.41, 5.74) is -2.68. The molecule has 2 aromatic rings. The average molecular weight is 548 g/mol. The molecule has 0 fully saturated rings. The third-order valence-electron chi connectivity index (χ3n) is 5.27. The van der Waals surface area contributed by atoms with Crippen LogP contribution in [0.25, 0.3) is 0 Å². The minimum atomic E-state index is -1.66. The summed E-state index contributed by atoms with van der Waals surface area (Å²) < 4.78 is 31.7. The van der Waals surface area contributed by atoms with Crippen molar-refractivity contribution in [2.75, 3.05) is 0 Å². The lowest BCUT2D eigenvalue weighted by Crippen LogP contribution is -2.44. The number of aliphatic imine (C=N–C) groups is 1. The fourth-order valence-corrected chi connectivity index (χ4v) is 3.50. The molecular weight excluding hydrogens is 524 g/mol. The Labute approximate surface area is 221 Å². The van der Waals surface area contributed by atoms with Crippen molar-refractivity contribution in [3.8, 4) is 0 Å². The molecule has 3 heterocycles. The van der Waals surface area contributed by atoms with Gasteiger partial charge in [-0.15, -0.1) is 0 Å². The number of quaternary nitrogens is 1. The Kier molecular flexibility index (Phi) is 8.52. The monoisotopic (exact) mass is 547 g/mol. The van der Waals surface area contributed by atoms with Crippen LogP contribution >= 0.6 is 11.6 Å². The maximum Gasteiger partial charge on any atom is 0.370 e. The summed E-state index contributed by atoms with van der Waals surface area (Å²) >= 11 is 6.13. The smallest absolute Gasteiger partial charge is 0.370 e. The van der Waals surface area contributed by atoms with Crippen molar-refractivity contribution >= 4 is 23.3 Å². The zero-order chi connectivity index (χ0) is 28.3. The summed E-state index contributed by atoms with van der Waals surface area (Å²) in [6, 6.07) is 0.630. The first-order valence-corrected chi connectivity index (χ1v) is 11.5. The molecule has 10 nitrogen and oxygen atoms in total. The average Bonchev–Trinajstić information content (AvgIpc) is 2.85. The first-order valence-electron chi connectivity index (χ1n) is 11.1. The molecule has 0 aliphatic carbocycles. The molecule has 0 saturated heterocycles. The molecule has 1 N–H and O–H groups in total. The van der Waals surface area contributed by atoms with E-state index in [1.165, 1.54) is 45.4 Å². The van der Waals surface area contributed by atoms with E-state index in [0.29, 0.717) is 6.07 Å². The van der Waals surface area contributed by atoms with E-state index < -0.39 is 45.0 Å². The molecule has 1 unspecified atom stereocenters. The zero-order valence-corrected chi connectivity index (χ0v) is 21.6. The second kappa shape index (κ2) is 11.3. The highest BCUT2D eigenvalue weighted by atomic mass is 35.5. The third kappa shape index (κ3) is 6.00. The lowest BCUT2D eigenvalue weighted by molar-refractivity contribution is -0.705. The molecule has 2 aromatic heterocycles. The van der Waals surface area contributed by atoms with Crippen molar-refractivity contribution in [3.05, 3.63) is 110 Å². The van der Waals surface area contributed by atoms with Crippen molar-refractivity contribution in [2.45, 2.75) is 39.9 Å². The number of carbonyl (C=O) groups excluding carboxylic acids is 1. The highest BCUT2D eigenvalue weighted by Crippen LogP contribution is 2.32. The SMILES string of the molecule is C/C=C/N=C(C=C[N+]1([O-])C(=O)C(Cl)=C(OCc2ncc(F)cc2F)C=C1C)n1ccnc(C(C)(C)O)c1=O. The fraction of sp³-hybridized carbons (Fsp3) is 0.240. The number of carbonyl (C=O) groups is 1. The van der Waals surface area contributed by atoms with E-state index >= 15 is 0 Å². The van der Waals surface area contributed by atoms with Gasteiger partial charge >= 0.3 is 5.91 Å². The van der Waals surface area contributed by atoms with E-state index in [4.69, 9.17) is 16.3 Å². The number of aromatic nitrogens is 3. The number of allylic oxidation sites excluding steroid dienone is 4. The normalized spacial score (nSPS) is 19.0. The predicted molar refractivity (Wildman–Crippen MR) is 135 cm³/mol. The van der Waals surface area contributed by atoms with Crippen LogP contribution in [0.4, 0.5) is 8.78 Å². The van der Waals surface area contributed by atoms with Crippen molar-refractivity contribution in [1.82, 2.24) is 14.5 Å². The second-order valence-electron chi connectivity index (χ2n) is 8.59. The van der Waals surface area contributed by atoms with Gasteiger partial charge in [-0.1, -0.05) is 17.7 Å². The molecule has 1 amide bonds. The van der Waals surface area contributed by atoms with Gasteiger partial charge in [0.15, 0.2) is 16.6 Å². The van der Waals surface area contributed by atoms with Gasteiger partial charge in [0.2, 0.25) is 0 Å². The van der Waals surface area contributed by atoms with Gasteiger partial charge in [0.05, 0.1) is 6.20 Å². The number of hydrogen-bond donors (Lipinski definition) is 1. The van der Waals surface area contributed by atoms with Gasteiger partial charge in [0, 0.05) is 43.7 Å². The summed E-state index contributed by atoms with van der Waals surface area (Å²) in [5.74, 6) is -3.17. The van der Waals surface area contributed by atoms with Crippen LogP contribution in [-0.2, 0) is 21.7 Å². The summed E-state index contributed by atoms with van der Waals surface area (Å²) in [6.45, 7) is 5.36. The van der Waals surface area contributed by atoms with Crippen molar-refractivity contribution in [1.29, 1.82) is 0 Å². The van der Waals surface area contributed by atoms with Gasteiger partial charge in [-0.05, 0) is 20.8 Å². The predicted octanol–water partition coefficient (Wildman–Crippen LogP) is 3.86. The van der Waals surface area contributed by atoms with E-state index in [2.05, 4.69) is 15.0 Å².